The monoisotopic (exact) mass is 782 g/mol. The van der Waals surface area contributed by atoms with Crippen LogP contribution in [-0.2, 0) is 5.41 Å². The molecule has 0 N–H and O–H groups in total. The average Bonchev–Trinajstić information content (AvgIpc) is 3.52. The third-order valence-corrected chi connectivity index (χ3v) is 12.8. The van der Waals surface area contributed by atoms with E-state index >= 15 is 0 Å². The van der Waals surface area contributed by atoms with Gasteiger partial charge in [0.15, 0.2) is 0 Å². The smallest absolute Gasteiger partial charge is 0.120 e. The van der Waals surface area contributed by atoms with Gasteiger partial charge in [0.1, 0.15) is 5.75 Å². The van der Waals surface area contributed by atoms with Gasteiger partial charge in [0, 0.05) is 5.41 Å². The molecule has 0 radical (unpaired) electrons. The number of hydrogen-bond acceptors (Lipinski definition) is 1. The first-order valence-electron chi connectivity index (χ1n) is 21.5. The average molecular weight is 783 g/mol. The number of rotatable bonds is 7. The Bertz CT molecular complexity index is 3270. The minimum Gasteiger partial charge on any atom is -0.491 e. The van der Waals surface area contributed by atoms with E-state index < -0.39 is 0 Å². The normalized spacial score (nSPS) is 12.9. The highest BCUT2D eigenvalue weighted by Gasteiger charge is 2.36. The van der Waals surface area contributed by atoms with Crippen LogP contribution in [0, 0.1) is 0 Å². The Kier molecular flexibility index (Phi) is 8.76. The Morgan fingerprint density at radius 2 is 0.787 bits per heavy atom. The van der Waals surface area contributed by atoms with Gasteiger partial charge in [-0.1, -0.05) is 172 Å². The predicted octanol–water partition coefficient (Wildman–Crippen LogP) is 16.6. The van der Waals surface area contributed by atoms with E-state index in [9.17, 15) is 0 Å². The van der Waals surface area contributed by atoms with Gasteiger partial charge < -0.3 is 4.74 Å². The number of ether oxygens (including phenoxy) is 1. The lowest BCUT2D eigenvalue weighted by atomic mass is 9.80. The van der Waals surface area contributed by atoms with Crippen LogP contribution in [-0.4, -0.2) is 6.10 Å². The predicted molar refractivity (Wildman–Crippen MR) is 259 cm³/mol. The zero-order valence-electron chi connectivity index (χ0n) is 35.0. The van der Waals surface area contributed by atoms with Crippen LogP contribution >= 0.6 is 0 Å². The van der Waals surface area contributed by atoms with E-state index in [0.717, 1.165) is 16.9 Å². The summed E-state index contributed by atoms with van der Waals surface area (Å²) in [7, 11) is 0. The largest absolute Gasteiger partial charge is 0.491 e. The Morgan fingerprint density at radius 1 is 0.344 bits per heavy atom. The van der Waals surface area contributed by atoms with Gasteiger partial charge in [-0.3, -0.25) is 0 Å². The van der Waals surface area contributed by atoms with Gasteiger partial charge in [0.25, 0.3) is 0 Å². The summed E-state index contributed by atoms with van der Waals surface area (Å²) < 4.78 is 6.29. The van der Waals surface area contributed by atoms with Gasteiger partial charge in [-0.15, -0.1) is 0 Å². The Hall–Kier alpha value is -7.22. The number of hydrogen-bond donors (Lipinski definition) is 0. The fourth-order valence-electron chi connectivity index (χ4n) is 9.95. The van der Waals surface area contributed by atoms with E-state index in [4.69, 9.17) is 4.74 Å². The molecular weight excluding hydrogens is 737 g/mol. The van der Waals surface area contributed by atoms with Crippen molar-refractivity contribution >= 4 is 32.3 Å². The summed E-state index contributed by atoms with van der Waals surface area (Å²) >= 11 is 0. The highest BCUT2D eigenvalue weighted by molar-refractivity contribution is 6.21. The van der Waals surface area contributed by atoms with Crippen molar-refractivity contribution in [2.24, 2.45) is 0 Å². The molecule has 1 aliphatic rings. The zero-order chi connectivity index (χ0) is 41.2. The molecule has 0 bridgehead atoms. The molecule has 292 valence electrons. The Morgan fingerprint density at radius 3 is 1.39 bits per heavy atom. The molecule has 1 aliphatic carbocycles. The van der Waals surface area contributed by atoms with Crippen molar-refractivity contribution in [1.82, 2.24) is 0 Å². The number of benzene rings is 10. The van der Waals surface area contributed by atoms with Gasteiger partial charge in [-0.25, -0.2) is 0 Å². The van der Waals surface area contributed by atoms with Crippen LogP contribution in [0.1, 0.15) is 38.8 Å². The Balaban J connectivity index is 0.992. The summed E-state index contributed by atoms with van der Waals surface area (Å²) in [4.78, 5) is 0. The summed E-state index contributed by atoms with van der Waals surface area (Å²) in [5, 5.41) is 7.57. The van der Waals surface area contributed by atoms with Crippen molar-refractivity contribution in [2.75, 3.05) is 0 Å². The molecule has 61 heavy (non-hydrogen) atoms. The SMILES string of the molecule is CC(C)Oc1cc(-c2ccccc2)cc(-c2ccc3c(c2)C(C)(C)c2cc(-c4cccc(-c5c6ccccc6c(-c6ccc7ccccc7c6)c6ccccc56)c4)ccc2-3)c1. The van der Waals surface area contributed by atoms with Crippen molar-refractivity contribution in [3.63, 3.8) is 0 Å². The second-order valence-corrected chi connectivity index (χ2v) is 17.4. The number of fused-ring (bicyclic) bond motifs is 6. The molecule has 0 saturated heterocycles. The zero-order valence-corrected chi connectivity index (χ0v) is 35.0. The molecule has 0 amide bonds. The maximum atomic E-state index is 6.29. The first-order valence-corrected chi connectivity index (χ1v) is 21.5. The van der Waals surface area contributed by atoms with Crippen LogP contribution in [0.15, 0.2) is 200 Å². The van der Waals surface area contributed by atoms with Crippen molar-refractivity contribution in [2.45, 2.75) is 39.2 Å². The van der Waals surface area contributed by atoms with Crippen LogP contribution in [0.3, 0.4) is 0 Å². The van der Waals surface area contributed by atoms with Crippen LogP contribution in [0.25, 0.3) is 99.1 Å². The van der Waals surface area contributed by atoms with Crippen LogP contribution in [0.5, 0.6) is 5.75 Å². The second-order valence-electron chi connectivity index (χ2n) is 17.4. The van der Waals surface area contributed by atoms with E-state index in [1.807, 2.05) is 0 Å². The summed E-state index contributed by atoms with van der Waals surface area (Å²) in [5.74, 6) is 0.892. The van der Waals surface area contributed by atoms with Crippen molar-refractivity contribution in [3.8, 4) is 72.5 Å². The minimum atomic E-state index is -0.187. The topological polar surface area (TPSA) is 9.23 Å². The lowest BCUT2D eigenvalue weighted by molar-refractivity contribution is 0.242. The molecule has 10 aromatic rings. The summed E-state index contributed by atoms with van der Waals surface area (Å²) in [5.41, 5.74) is 17.3. The summed E-state index contributed by atoms with van der Waals surface area (Å²) in [6.45, 7) is 8.93. The molecule has 10 aromatic carbocycles. The quantitative estimate of drug-likeness (QED) is 0.146. The first-order chi connectivity index (χ1) is 29.8. The lowest BCUT2D eigenvalue weighted by Gasteiger charge is -2.23. The highest BCUT2D eigenvalue weighted by atomic mass is 16.5. The molecule has 1 nitrogen and oxygen atoms in total. The third kappa shape index (κ3) is 6.32. The maximum absolute atomic E-state index is 6.29. The third-order valence-electron chi connectivity index (χ3n) is 12.8. The van der Waals surface area contributed by atoms with Crippen molar-refractivity contribution < 1.29 is 4.74 Å². The van der Waals surface area contributed by atoms with E-state index in [1.165, 1.54) is 99.1 Å². The molecule has 0 saturated carbocycles. The molecular formula is C60H46O. The molecule has 0 heterocycles. The molecule has 0 atom stereocenters. The van der Waals surface area contributed by atoms with Gasteiger partial charge in [0.05, 0.1) is 6.10 Å². The summed E-state index contributed by atoms with van der Waals surface area (Å²) in [6, 6.07) is 74.0. The van der Waals surface area contributed by atoms with E-state index in [2.05, 4.69) is 228 Å². The van der Waals surface area contributed by atoms with Gasteiger partial charge in [-0.2, -0.15) is 0 Å². The molecule has 0 aliphatic heterocycles. The second kappa shape index (κ2) is 14.5. The fraction of sp³-hybridized carbons (Fsp3) is 0.100. The van der Waals surface area contributed by atoms with E-state index in [-0.39, 0.29) is 11.5 Å². The molecule has 11 rings (SSSR count). The van der Waals surface area contributed by atoms with Crippen LogP contribution in [0.4, 0.5) is 0 Å². The van der Waals surface area contributed by atoms with E-state index in [1.54, 1.807) is 0 Å². The standard InChI is InChI=1S/C60H46O/c1-38(2)61-49-34-47(39-15-6-5-7-16-39)33-48(35-49)44-28-30-51-50-29-27-43(36-56(50)60(3,4)57(51)37-44)42-19-14-20-45(32-42)58-52-21-10-12-23-54(52)59(55-24-13-11-22-53(55)58)46-26-25-40-17-8-9-18-41(40)31-46/h5-38H,1-4H3. The molecule has 0 aromatic heterocycles. The van der Waals surface area contributed by atoms with E-state index in [0.29, 0.717) is 0 Å². The van der Waals surface area contributed by atoms with Gasteiger partial charge in [0.2, 0.25) is 0 Å². The minimum absolute atomic E-state index is 0.0857. The molecule has 0 unspecified atom stereocenters. The Labute approximate surface area is 358 Å². The van der Waals surface area contributed by atoms with Gasteiger partial charge >= 0.3 is 0 Å². The van der Waals surface area contributed by atoms with Crippen LogP contribution in [0.2, 0.25) is 0 Å². The van der Waals surface area contributed by atoms with Crippen molar-refractivity contribution in [1.29, 1.82) is 0 Å². The molecule has 1 heteroatoms. The maximum Gasteiger partial charge on any atom is 0.120 e. The first kappa shape index (κ1) is 36.8. The fourth-order valence-corrected chi connectivity index (χ4v) is 9.95. The van der Waals surface area contributed by atoms with Crippen LogP contribution < -0.4 is 4.74 Å². The van der Waals surface area contributed by atoms with Crippen molar-refractivity contribution in [3.05, 3.63) is 211 Å². The van der Waals surface area contributed by atoms with Gasteiger partial charge in [-0.05, 0) is 167 Å². The lowest BCUT2D eigenvalue weighted by Crippen LogP contribution is -2.15. The molecule has 0 spiro atoms. The summed E-state index contributed by atoms with van der Waals surface area (Å²) in [6.07, 6.45) is 0.0857. The molecule has 0 fully saturated rings. The highest BCUT2D eigenvalue weighted by Crippen LogP contribution is 2.51.